The number of methoxy groups -OCH3 is 1. The van der Waals surface area contributed by atoms with E-state index in [1.165, 1.54) is 0 Å². The van der Waals surface area contributed by atoms with Crippen molar-refractivity contribution in [2.24, 2.45) is 0 Å². The Morgan fingerprint density at radius 3 is 2.00 bits per heavy atom. The van der Waals surface area contributed by atoms with E-state index in [-0.39, 0.29) is 0 Å². The van der Waals surface area contributed by atoms with Crippen LogP contribution in [0.4, 0.5) is 0 Å². The Hall–Kier alpha value is 0.0969. The van der Waals surface area contributed by atoms with Crippen molar-refractivity contribution in [1.82, 2.24) is 0 Å². The summed E-state index contributed by atoms with van der Waals surface area (Å²) in [5.41, 5.74) is 0. The van der Waals surface area contributed by atoms with Crippen LogP contribution in [0.25, 0.3) is 0 Å². The molecule has 0 saturated heterocycles. The molecular weight excluding hydrogens is 196 g/mol. The second-order valence-electron chi connectivity index (χ2n) is 3.58. The van der Waals surface area contributed by atoms with Crippen molar-refractivity contribution in [3.8, 4) is 0 Å². The Bertz CT molecular complexity index is 135. The van der Waals surface area contributed by atoms with Gasteiger partial charge in [-0.15, -0.1) is 0 Å². The highest BCUT2D eigenvalue weighted by molar-refractivity contribution is 6.66. The predicted octanol–water partition coefficient (Wildman–Crippen LogP) is 2.56. The second kappa shape index (κ2) is 7.40. The summed E-state index contributed by atoms with van der Waals surface area (Å²) in [6, 6.07) is 1.00. The molecule has 0 aromatic carbocycles. The molecule has 0 aromatic rings. The van der Waals surface area contributed by atoms with Gasteiger partial charge >= 0.3 is 8.56 Å². The molecule has 0 aromatic heterocycles. The zero-order chi connectivity index (χ0) is 11.0. The summed E-state index contributed by atoms with van der Waals surface area (Å²) < 4.78 is 16.7. The molecule has 0 spiro atoms. The van der Waals surface area contributed by atoms with Crippen LogP contribution in [0.2, 0.25) is 12.6 Å². The lowest BCUT2D eigenvalue weighted by Crippen LogP contribution is -2.39. The van der Waals surface area contributed by atoms with Gasteiger partial charge in [-0.25, -0.2) is 0 Å². The molecule has 3 nitrogen and oxygen atoms in total. The van der Waals surface area contributed by atoms with Crippen LogP contribution in [0.15, 0.2) is 0 Å². The minimum Gasteiger partial charge on any atom is -0.395 e. The first kappa shape index (κ1) is 14.1. The summed E-state index contributed by atoms with van der Waals surface area (Å²) in [5, 5.41) is 0. The molecule has 0 fully saturated rings. The molecule has 1 unspecified atom stereocenters. The SMILES string of the molecule is CCO[Si](C)(CCC(C)OC)OCC. The van der Waals surface area contributed by atoms with Crippen LogP contribution in [0, 0.1) is 0 Å². The van der Waals surface area contributed by atoms with Gasteiger partial charge in [-0.2, -0.15) is 0 Å². The van der Waals surface area contributed by atoms with Gasteiger partial charge in [0.2, 0.25) is 0 Å². The summed E-state index contributed by atoms with van der Waals surface area (Å²) in [7, 11) is -0.167. The maximum absolute atomic E-state index is 5.73. The van der Waals surface area contributed by atoms with Crippen LogP contribution >= 0.6 is 0 Å². The molecule has 0 N–H and O–H groups in total. The fraction of sp³-hybridized carbons (Fsp3) is 1.00. The van der Waals surface area contributed by atoms with Gasteiger partial charge in [0.05, 0.1) is 6.10 Å². The van der Waals surface area contributed by atoms with E-state index < -0.39 is 8.56 Å². The molecule has 0 aliphatic heterocycles. The first-order valence-electron chi connectivity index (χ1n) is 5.38. The maximum atomic E-state index is 5.73. The van der Waals surface area contributed by atoms with Crippen molar-refractivity contribution in [3.05, 3.63) is 0 Å². The van der Waals surface area contributed by atoms with Crippen LogP contribution in [-0.2, 0) is 13.6 Å². The molecule has 0 bridgehead atoms. The first-order chi connectivity index (χ1) is 6.58. The monoisotopic (exact) mass is 220 g/mol. The van der Waals surface area contributed by atoms with Crippen molar-refractivity contribution < 1.29 is 13.6 Å². The van der Waals surface area contributed by atoms with E-state index in [0.29, 0.717) is 6.10 Å². The van der Waals surface area contributed by atoms with E-state index in [1.807, 2.05) is 13.8 Å². The van der Waals surface area contributed by atoms with Gasteiger partial charge in [-0.1, -0.05) is 0 Å². The highest BCUT2D eigenvalue weighted by atomic mass is 28.4. The van der Waals surface area contributed by atoms with E-state index in [2.05, 4.69) is 13.5 Å². The van der Waals surface area contributed by atoms with Crippen LogP contribution in [-0.4, -0.2) is 35.0 Å². The third kappa shape index (κ3) is 5.75. The van der Waals surface area contributed by atoms with E-state index in [0.717, 1.165) is 25.7 Å². The Balaban J connectivity index is 3.94. The molecule has 0 amide bonds. The van der Waals surface area contributed by atoms with E-state index in [4.69, 9.17) is 13.6 Å². The highest BCUT2D eigenvalue weighted by Crippen LogP contribution is 2.17. The molecule has 0 aliphatic carbocycles. The molecule has 0 saturated carbocycles. The van der Waals surface area contributed by atoms with Crippen molar-refractivity contribution in [2.45, 2.75) is 45.9 Å². The van der Waals surface area contributed by atoms with E-state index in [9.17, 15) is 0 Å². The topological polar surface area (TPSA) is 27.7 Å². The Morgan fingerprint density at radius 1 is 1.14 bits per heavy atom. The van der Waals surface area contributed by atoms with Gasteiger partial charge in [0.15, 0.2) is 0 Å². The first-order valence-corrected chi connectivity index (χ1v) is 7.91. The van der Waals surface area contributed by atoms with Crippen molar-refractivity contribution in [1.29, 1.82) is 0 Å². The fourth-order valence-corrected chi connectivity index (χ4v) is 3.90. The third-order valence-electron chi connectivity index (χ3n) is 2.31. The summed E-state index contributed by atoms with van der Waals surface area (Å²) in [4.78, 5) is 0. The predicted molar refractivity (Wildman–Crippen MR) is 60.8 cm³/mol. The molecule has 14 heavy (non-hydrogen) atoms. The zero-order valence-electron chi connectivity index (χ0n) is 10.1. The summed E-state index contributed by atoms with van der Waals surface area (Å²) >= 11 is 0. The average molecular weight is 220 g/mol. The van der Waals surface area contributed by atoms with Gasteiger partial charge in [-0.05, 0) is 39.8 Å². The average Bonchev–Trinajstić information content (AvgIpc) is 2.15. The zero-order valence-corrected chi connectivity index (χ0v) is 11.1. The molecule has 0 rings (SSSR count). The summed E-state index contributed by atoms with van der Waals surface area (Å²) in [5.74, 6) is 0. The van der Waals surface area contributed by atoms with Gasteiger partial charge in [-0.3, -0.25) is 0 Å². The van der Waals surface area contributed by atoms with Crippen molar-refractivity contribution >= 4 is 8.56 Å². The number of hydrogen-bond donors (Lipinski definition) is 0. The van der Waals surface area contributed by atoms with Gasteiger partial charge in [0.1, 0.15) is 0 Å². The molecule has 86 valence electrons. The Labute approximate surface area is 89.0 Å². The Morgan fingerprint density at radius 2 is 1.64 bits per heavy atom. The van der Waals surface area contributed by atoms with Gasteiger partial charge in [0, 0.05) is 20.3 Å². The van der Waals surface area contributed by atoms with Gasteiger partial charge < -0.3 is 13.6 Å². The quantitative estimate of drug-likeness (QED) is 0.588. The lowest BCUT2D eigenvalue weighted by atomic mass is 10.3. The van der Waals surface area contributed by atoms with Crippen LogP contribution in [0.5, 0.6) is 0 Å². The number of rotatable bonds is 8. The lowest BCUT2D eigenvalue weighted by molar-refractivity contribution is 0.109. The molecule has 0 aliphatic rings. The Kier molecular flexibility index (Phi) is 7.45. The summed E-state index contributed by atoms with van der Waals surface area (Å²) in [6.45, 7) is 9.72. The smallest absolute Gasteiger partial charge is 0.335 e. The molecular formula is C10H24O3Si. The number of ether oxygens (including phenoxy) is 1. The second-order valence-corrected chi connectivity index (χ2v) is 6.93. The summed E-state index contributed by atoms with van der Waals surface area (Å²) in [6.07, 6.45) is 1.31. The maximum Gasteiger partial charge on any atom is 0.335 e. The van der Waals surface area contributed by atoms with E-state index in [1.54, 1.807) is 7.11 Å². The minimum atomic E-state index is -1.91. The van der Waals surface area contributed by atoms with Crippen molar-refractivity contribution in [2.75, 3.05) is 20.3 Å². The molecule has 0 heterocycles. The van der Waals surface area contributed by atoms with E-state index >= 15 is 0 Å². The highest BCUT2D eigenvalue weighted by Gasteiger charge is 2.30. The number of hydrogen-bond acceptors (Lipinski definition) is 3. The van der Waals surface area contributed by atoms with Gasteiger partial charge in [0.25, 0.3) is 0 Å². The minimum absolute atomic E-state index is 0.294. The lowest BCUT2D eigenvalue weighted by Gasteiger charge is -2.26. The fourth-order valence-electron chi connectivity index (χ4n) is 1.38. The standard InChI is InChI=1S/C10H24O3Si/c1-6-12-14(5,13-7-2)9-8-10(3)11-4/h10H,6-9H2,1-5H3. The molecule has 0 radical (unpaired) electrons. The normalized spacial score (nSPS) is 14.4. The largest absolute Gasteiger partial charge is 0.395 e. The van der Waals surface area contributed by atoms with Crippen LogP contribution in [0.1, 0.15) is 27.2 Å². The molecule has 4 heteroatoms. The molecule has 1 atom stereocenters. The van der Waals surface area contributed by atoms with Crippen molar-refractivity contribution in [3.63, 3.8) is 0 Å². The van der Waals surface area contributed by atoms with Crippen LogP contribution < -0.4 is 0 Å². The van der Waals surface area contributed by atoms with Crippen LogP contribution in [0.3, 0.4) is 0 Å². The third-order valence-corrected chi connectivity index (χ3v) is 5.30.